The van der Waals surface area contributed by atoms with Crippen LogP contribution in [0.15, 0.2) is 110 Å². The van der Waals surface area contributed by atoms with Crippen LogP contribution in [0.1, 0.15) is 58.5 Å². The number of aromatic amines is 2. The Morgan fingerprint density at radius 2 is 0.905 bits per heavy atom. The molecule has 0 amide bonds. The van der Waals surface area contributed by atoms with Crippen molar-refractivity contribution in [3.05, 3.63) is 155 Å². The SMILES string of the molecule is CCCS(=O)(=O)Nc1ccc(F)c(C(=O)c2c[nH]c3ncc(-c4ccc(OCCOCCOCCOc5ccc(-c6cnc7[nH]cc(C(=O)c8c(F)ccc(NS(=O)(=O)CCC)c8F)c7c6)cc5)cc4)cc23)c1F. The zero-order chi connectivity index (χ0) is 52.6. The Balaban J connectivity index is 0.764. The Kier molecular flexibility index (Phi) is 16.4. The van der Waals surface area contributed by atoms with Gasteiger partial charge in [0.1, 0.15) is 47.6 Å². The lowest BCUT2D eigenvalue weighted by molar-refractivity contribution is 0.0273. The molecule has 8 rings (SSSR count). The summed E-state index contributed by atoms with van der Waals surface area (Å²) in [5.41, 5.74) is 0.302. The van der Waals surface area contributed by atoms with Crippen molar-refractivity contribution in [2.75, 3.05) is 60.6 Å². The number of hydrogen-bond donors (Lipinski definition) is 4. The van der Waals surface area contributed by atoms with Gasteiger partial charge < -0.3 is 28.9 Å². The summed E-state index contributed by atoms with van der Waals surface area (Å²) < 4.78 is 137. The number of H-pyrrole nitrogens is 2. The molecule has 0 bridgehead atoms. The number of aromatic nitrogens is 4. The minimum Gasteiger partial charge on any atom is -0.491 e. The molecule has 4 aromatic carbocycles. The highest BCUT2D eigenvalue weighted by Crippen LogP contribution is 2.33. The van der Waals surface area contributed by atoms with E-state index in [0.717, 1.165) is 35.4 Å². The van der Waals surface area contributed by atoms with Crippen LogP contribution in [0.4, 0.5) is 28.9 Å². The van der Waals surface area contributed by atoms with Crippen molar-refractivity contribution in [2.45, 2.75) is 26.7 Å². The number of ether oxygens (including phenoxy) is 4. The van der Waals surface area contributed by atoms with Gasteiger partial charge in [0, 0.05) is 57.8 Å². The Morgan fingerprint density at radius 3 is 1.28 bits per heavy atom. The smallest absolute Gasteiger partial charge is 0.232 e. The predicted octanol–water partition coefficient (Wildman–Crippen LogP) is 9.59. The molecule has 0 radical (unpaired) electrons. The molecule has 0 atom stereocenters. The minimum atomic E-state index is -3.91. The number of sulfonamides is 2. The van der Waals surface area contributed by atoms with Crippen LogP contribution < -0.4 is 18.9 Å². The van der Waals surface area contributed by atoms with E-state index in [0.29, 0.717) is 57.9 Å². The third-order valence-corrected chi connectivity index (χ3v) is 14.4. The molecule has 0 unspecified atom stereocenters. The zero-order valence-corrected chi connectivity index (χ0v) is 41.4. The number of hydrogen-bond acceptors (Lipinski definition) is 12. The molecule has 8 aromatic rings. The van der Waals surface area contributed by atoms with Gasteiger partial charge in [-0.15, -0.1) is 0 Å². The first-order valence-electron chi connectivity index (χ1n) is 23.2. The number of pyridine rings is 2. The molecule has 4 N–H and O–H groups in total. The number of nitrogens with zero attached hydrogens (tertiary/aromatic N) is 2. The number of fused-ring (bicyclic) bond motifs is 2. The summed E-state index contributed by atoms with van der Waals surface area (Å²) in [5.74, 6) is -6.35. The number of benzene rings is 4. The van der Waals surface area contributed by atoms with Crippen LogP contribution in [0.3, 0.4) is 0 Å². The van der Waals surface area contributed by atoms with E-state index >= 15 is 8.78 Å². The Morgan fingerprint density at radius 1 is 0.527 bits per heavy atom. The molecule has 0 aliphatic carbocycles. The summed E-state index contributed by atoms with van der Waals surface area (Å²) >= 11 is 0. The molecule has 4 aromatic heterocycles. The lowest BCUT2D eigenvalue weighted by Crippen LogP contribution is -2.18. The van der Waals surface area contributed by atoms with E-state index in [1.165, 1.54) is 12.4 Å². The van der Waals surface area contributed by atoms with Gasteiger partial charge in [-0.05, 0) is 84.6 Å². The average molecular weight is 1060 g/mol. The molecule has 0 spiro atoms. The maximum absolute atomic E-state index is 15.5. The largest absolute Gasteiger partial charge is 0.491 e. The van der Waals surface area contributed by atoms with Crippen LogP contribution >= 0.6 is 0 Å². The number of halogens is 4. The van der Waals surface area contributed by atoms with Gasteiger partial charge in [-0.2, -0.15) is 0 Å². The second-order valence-electron chi connectivity index (χ2n) is 16.7. The highest BCUT2D eigenvalue weighted by molar-refractivity contribution is 7.92. The quantitative estimate of drug-likeness (QED) is 0.0239. The Hall–Kier alpha value is -7.66. The molecule has 0 saturated carbocycles. The molecular formula is C52H48F4N6O10S2. The van der Waals surface area contributed by atoms with Crippen LogP contribution in [0, 0.1) is 23.3 Å². The first-order valence-corrected chi connectivity index (χ1v) is 26.5. The number of nitrogens with one attached hydrogen (secondary N) is 4. The van der Waals surface area contributed by atoms with Crippen LogP contribution in [0.2, 0.25) is 0 Å². The zero-order valence-electron chi connectivity index (χ0n) is 39.8. The number of carbonyl (C=O) groups excluding carboxylic acids is 2. The number of carbonyl (C=O) groups is 2. The van der Waals surface area contributed by atoms with Crippen LogP contribution in [-0.2, 0) is 29.5 Å². The van der Waals surface area contributed by atoms with Gasteiger partial charge in [0.2, 0.25) is 31.6 Å². The van der Waals surface area contributed by atoms with Crippen molar-refractivity contribution in [1.82, 2.24) is 19.9 Å². The maximum Gasteiger partial charge on any atom is 0.232 e. The summed E-state index contributed by atoms with van der Waals surface area (Å²) in [6, 6.07) is 21.0. The highest BCUT2D eigenvalue weighted by Gasteiger charge is 2.28. The summed E-state index contributed by atoms with van der Waals surface area (Å²) in [6.07, 6.45) is 6.29. The highest BCUT2D eigenvalue weighted by atomic mass is 32.2. The summed E-state index contributed by atoms with van der Waals surface area (Å²) in [6.45, 7) is 4.97. The lowest BCUT2D eigenvalue weighted by Gasteiger charge is -2.11. The van der Waals surface area contributed by atoms with Crippen LogP contribution in [0.5, 0.6) is 11.5 Å². The average Bonchev–Trinajstić information content (AvgIpc) is 4.01. The third kappa shape index (κ3) is 12.2. The van der Waals surface area contributed by atoms with E-state index in [1.807, 2.05) is 0 Å². The van der Waals surface area contributed by atoms with Gasteiger partial charge in [0.15, 0.2) is 11.6 Å². The topological polar surface area (TPSA) is 221 Å². The maximum atomic E-state index is 15.5. The van der Waals surface area contributed by atoms with Gasteiger partial charge in [0.25, 0.3) is 0 Å². The predicted molar refractivity (Wildman–Crippen MR) is 271 cm³/mol. The van der Waals surface area contributed by atoms with Crippen LogP contribution in [-0.4, -0.2) is 99.5 Å². The van der Waals surface area contributed by atoms with Gasteiger partial charge in [0.05, 0.1) is 60.4 Å². The van der Waals surface area contributed by atoms with Crippen LogP contribution in [0.25, 0.3) is 44.3 Å². The Bertz CT molecular complexity index is 3340. The van der Waals surface area contributed by atoms with Crippen molar-refractivity contribution < 1.29 is 62.9 Å². The van der Waals surface area contributed by atoms with E-state index in [9.17, 15) is 35.2 Å². The fraction of sp³-hybridized carbons (Fsp3) is 0.231. The van der Waals surface area contributed by atoms with E-state index in [1.54, 1.807) is 86.9 Å². The summed E-state index contributed by atoms with van der Waals surface area (Å²) in [5, 5.41) is 0.615. The van der Waals surface area contributed by atoms with Crippen molar-refractivity contribution in [2.24, 2.45) is 0 Å². The number of anilines is 2. The first kappa shape index (κ1) is 52.7. The van der Waals surface area contributed by atoms with Gasteiger partial charge in [-0.1, -0.05) is 38.1 Å². The standard InChI is InChI=1S/C52H48F4N6O10S2/c1-3-23-73(65,66)61-43-15-13-41(53)45(47(43)55)49(63)39-29-59-51-37(39)25-33(27-57-51)31-5-9-35(10-6-31)71-21-19-69-17-18-70-20-22-72-36-11-7-32(8-12-36)34-26-38-40(30-60-52(38)58-28-34)50(64)46-42(54)14-16-44(48(46)56)62-74(67,68)24-4-2/h5-16,25-30,61-62H,3-4,17-24H2,1-2H3,(H,57,59)(H,58,60). The fourth-order valence-corrected chi connectivity index (χ4v) is 10.1. The van der Waals surface area contributed by atoms with E-state index < -0.39 is 77.4 Å². The second kappa shape index (κ2) is 23.0. The molecule has 0 saturated heterocycles. The molecule has 16 nitrogen and oxygen atoms in total. The molecule has 74 heavy (non-hydrogen) atoms. The molecule has 0 aliphatic heterocycles. The number of rotatable bonds is 25. The van der Waals surface area contributed by atoms with E-state index in [2.05, 4.69) is 29.4 Å². The third-order valence-electron chi connectivity index (χ3n) is 11.4. The molecule has 22 heteroatoms. The van der Waals surface area contributed by atoms with Gasteiger partial charge in [-0.25, -0.2) is 44.4 Å². The normalized spacial score (nSPS) is 11.8. The monoisotopic (exact) mass is 1060 g/mol. The van der Waals surface area contributed by atoms with Gasteiger partial charge >= 0.3 is 0 Å². The lowest BCUT2D eigenvalue weighted by atomic mass is 10.00. The fourth-order valence-electron chi connectivity index (χ4n) is 7.87. The molecule has 4 heterocycles. The second-order valence-corrected chi connectivity index (χ2v) is 20.4. The number of ketones is 2. The van der Waals surface area contributed by atoms with E-state index in [-0.39, 0.29) is 61.9 Å². The van der Waals surface area contributed by atoms with E-state index in [4.69, 9.17) is 18.9 Å². The van der Waals surface area contributed by atoms with Gasteiger partial charge in [-0.3, -0.25) is 19.0 Å². The molecular weight excluding hydrogens is 1010 g/mol. The van der Waals surface area contributed by atoms with Crippen molar-refractivity contribution in [1.29, 1.82) is 0 Å². The minimum absolute atomic E-state index is 0.0528. The molecule has 0 aliphatic rings. The Labute approximate surface area is 422 Å². The summed E-state index contributed by atoms with van der Waals surface area (Å²) in [4.78, 5) is 41.6. The van der Waals surface area contributed by atoms with Crippen molar-refractivity contribution >= 4 is 65.1 Å². The van der Waals surface area contributed by atoms with Crippen molar-refractivity contribution in [3.63, 3.8) is 0 Å². The van der Waals surface area contributed by atoms with Crippen molar-refractivity contribution in [3.8, 4) is 33.8 Å². The summed E-state index contributed by atoms with van der Waals surface area (Å²) in [7, 11) is -7.83. The molecule has 0 fully saturated rings. The first-order chi connectivity index (χ1) is 35.6. The molecule has 386 valence electrons.